The highest BCUT2D eigenvalue weighted by Gasteiger charge is 2.16. The summed E-state index contributed by atoms with van der Waals surface area (Å²) >= 11 is 6.15. The van der Waals surface area contributed by atoms with Crippen molar-refractivity contribution in [3.63, 3.8) is 0 Å². The van der Waals surface area contributed by atoms with Crippen LogP contribution in [0.25, 0.3) is 0 Å². The van der Waals surface area contributed by atoms with Gasteiger partial charge in [-0.2, -0.15) is 5.10 Å². The van der Waals surface area contributed by atoms with Crippen molar-refractivity contribution in [1.82, 2.24) is 9.78 Å². The van der Waals surface area contributed by atoms with E-state index in [-0.39, 0.29) is 12.0 Å². The van der Waals surface area contributed by atoms with E-state index in [2.05, 4.69) is 10.4 Å². The molecule has 1 N–H and O–H groups in total. The van der Waals surface area contributed by atoms with Crippen LogP contribution < -0.4 is 10.1 Å². The van der Waals surface area contributed by atoms with Gasteiger partial charge in [-0.3, -0.25) is 9.48 Å². The molecule has 0 saturated carbocycles. The lowest BCUT2D eigenvalue weighted by molar-refractivity contribution is -0.116. The lowest BCUT2D eigenvalue weighted by Crippen LogP contribution is -2.26. The molecule has 1 aliphatic rings. The van der Waals surface area contributed by atoms with E-state index in [4.69, 9.17) is 21.1 Å². The Morgan fingerprint density at radius 1 is 1.37 bits per heavy atom. The molecule has 1 aromatic heterocycles. The van der Waals surface area contributed by atoms with Crippen LogP contribution in [0.3, 0.4) is 0 Å². The fourth-order valence-corrected chi connectivity index (χ4v) is 3.27. The highest BCUT2D eigenvalue weighted by molar-refractivity contribution is 6.31. The summed E-state index contributed by atoms with van der Waals surface area (Å²) in [6.07, 6.45) is 3.73. The molecule has 0 radical (unpaired) electrons. The van der Waals surface area contributed by atoms with Crippen LogP contribution in [0.5, 0.6) is 5.75 Å². The van der Waals surface area contributed by atoms with Crippen molar-refractivity contribution in [2.24, 2.45) is 0 Å². The molecule has 0 spiro atoms. The summed E-state index contributed by atoms with van der Waals surface area (Å²) in [5.41, 5.74) is 2.32. The van der Waals surface area contributed by atoms with Gasteiger partial charge in [0.2, 0.25) is 5.91 Å². The van der Waals surface area contributed by atoms with E-state index < -0.39 is 0 Å². The minimum Gasteiger partial charge on any atom is -0.489 e. The number of halogens is 1. The number of nitrogens with one attached hydrogen (secondary N) is 1. The zero-order chi connectivity index (χ0) is 19.2. The number of rotatable bonds is 7. The summed E-state index contributed by atoms with van der Waals surface area (Å²) in [6.45, 7) is 5.52. The van der Waals surface area contributed by atoms with E-state index in [1.807, 2.05) is 38.1 Å². The van der Waals surface area contributed by atoms with Crippen molar-refractivity contribution in [1.29, 1.82) is 0 Å². The number of anilines is 1. The van der Waals surface area contributed by atoms with Gasteiger partial charge in [0.1, 0.15) is 12.4 Å². The first-order chi connectivity index (χ1) is 13.0. The molecule has 2 heterocycles. The lowest BCUT2D eigenvalue weighted by Gasteiger charge is -2.23. The molecular formula is C20H26ClN3O3. The fourth-order valence-electron chi connectivity index (χ4n) is 3.13. The molecule has 2 aromatic rings. The van der Waals surface area contributed by atoms with Crippen molar-refractivity contribution >= 4 is 23.2 Å². The van der Waals surface area contributed by atoms with Crippen LogP contribution in [0.4, 0.5) is 5.69 Å². The average molecular weight is 392 g/mol. The molecule has 146 valence electrons. The van der Waals surface area contributed by atoms with Gasteiger partial charge < -0.3 is 14.8 Å². The Balaban J connectivity index is 1.54. The highest BCUT2D eigenvalue weighted by atomic mass is 35.5. The van der Waals surface area contributed by atoms with Crippen LogP contribution in [-0.2, 0) is 16.1 Å². The van der Waals surface area contributed by atoms with Gasteiger partial charge in [-0.05, 0) is 45.2 Å². The number of carbonyl (C=O) groups is 1. The molecule has 6 nitrogen and oxygen atoms in total. The first-order valence-corrected chi connectivity index (χ1v) is 9.75. The Morgan fingerprint density at radius 2 is 2.19 bits per heavy atom. The zero-order valence-corrected chi connectivity index (χ0v) is 16.6. The monoisotopic (exact) mass is 391 g/mol. The van der Waals surface area contributed by atoms with Gasteiger partial charge in [0.25, 0.3) is 0 Å². The summed E-state index contributed by atoms with van der Waals surface area (Å²) in [5.74, 6) is 0.567. The van der Waals surface area contributed by atoms with E-state index in [9.17, 15) is 4.79 Å². The number of ether oxygens (including phenoxy) is 2. The number of hydrogen-bond acceptors (Lipinski definition) is 4. The number of benzene rings is 1. The third-order valence-electron chi connectivity index (χ3n) is 4.70. The maximum atomic E-state index is 12.4. The second-order valence-electron chi connectivity index (χ2n) is 6.80. The van der Waals surface area contributed by atoms with Crippen LogP contribution in [0.1, 0.15) is 37.1 Å². The fraction of sp³-hybridized carbons (Fsp3) is 0.500. The molecular weight excluding hydrogens is 366 g/mol. The van der Waals surface area contributed by atoms with Gasteiger partial charge in [-0.25, -0.2) is 0 Å². The molecule has 1 amide bonds. The molecule has 3 rings (SSSR count). The zero-order valence-electron chi connectivity index (χ0n) is 15.8. The predicted molar refractivity (Wildman–Crippen MR) is 105 cm³/mol. The van der Waals surface area contributed by atoms with Gasteiger partial charge in [-0.1, -0.05) is 23.7 Å². The second-order valence-corrected chi connectivity index (χ2v) is 7.18. The minimum absolute atomic E-state index is 0.0939. The van der Waals surface area contributed by atoms with Crippen LogP contribution >= 0.6 is 11.6 Å². The normalized spacial score (nSPS) is 16.9. The van der Waals surface area contributed by atoms with Crippen LogP contribution in [0.15, 0.2) is 24.3 Å². The van der Waals surface area contributed by atoms with Crippen LogP contribution in [0.2, 0.25) is 5.02 Å². The molecule has 1 aromatic carbocycles. The Labute approximate surface area is 164 Å². The molecule has 1 aliphatic heterocycles. The Kier molecular flexibility index (Phi) is 6.74. The molecule has 1 fully saturated rings. The molecule has 27 heavy (non-hydrogen) atoms. The molecule has 7 heteroatoms. The summed E-state index contributed by atoms with van der Waals surface area (Å²) in [7, 11) is 0. The number of aryl methyl sites for hydroxylation is 2. The highest BCUT2D eigenvalue weighted by Crippen LogP contribution is 2.25. The molecule has 0 aliphatic carbocycles. The topological polar surface area (TPSA) is 65.4 Å². The van der Waals surface area contributed by atoms with Gasteiger partial charge in [0.05, 0.1) is 34.7 Å². The number of para-hydroxylation sites is 2. The number of carbonyl (C=O) groups excluding carboxylic acids is 1. The number of hydrogen-bond donors (Lipinski definition) is 1. The largest absolute Gasteiger partial charge is 0.489 e. The van der Waals surface area contributed by atoms with E-state index in [1.165, 1.54) is 6.42 Å². The number of aromatic nitrogens is 2. The summed E-state index contributed by atoms with van der Waals surface area (Å²) in [5, 5.41) is 7.94. The van der Waals surface area contributed by atoms with E-state index >= 15 is 0 Å². The van der Waals surface area contributed by atoms with Crippen molar-refractivity contribution in [2.45, 2.75) is 52.2 Å². The van der Waals surface area contributed by atoms with Crippen LogP contribution in [0, 0.1) is 13.8 Å². The van der Waals surface area contributed by atoms with Gasteiger partial charge >= 0.3 is 0 Å². The summed E-state index contributed by atoms with van der Waals surface area (Å²) < 4.78 is 13.4. The number of nitrogens with zero attached hydrogens (tertiary/aromatic N) is 2. The maximum Gasteiger partial charge on any atom is 0.226 e. The van der Waals surface area contributed by atoms with E-state index in [0.29, 0.717) is 36.0 Å². The van der Waals surface area contributed by atoms with E-state index in [0.717, 1.165) is 30.8 Å². The second kappa shape index (κ2) is 9.24. The minimum atomic E-state index is -0.0939. The Morgan fingerprint density at radius 3 is 2.89 bits per heavy atom. The molecule has 0 unspecified atom stereocenters. The summed E-state index contributed by atoms with van der Waals surface area (Å²) in [4.78, 5) is 12.4. The SMILES string of the molecule is Cc1nn(CCC(=O)Nc2ccccc2OC[C@H]2CCCCO2)c(C)c1Cl. The van der Waals surface area contributed by atoms with E-state index in [1.54, 1.807) is 4.68 Å². The number of amides is 1. The lowest BCUT2D eigenvalue weighted by atomic mass is 10.1. The Hall–Kier alpha value is -2.05. The average Bonchev–Trinajstić information content (AvgIpc) is 2.93. The van der Waals surface area contributed by atoms with Crippen molar-refractivity contribution in [3.05, 3.63) is 40.7 Å². The molecule has 1 saturated heterocycles. The van der Waals surface area contributed by atoms with Gasteiger partial charge in [0, 0.05) is 13.0 Å². The Bertz CT molecular complexity index is 785. The van der Waals surface area contributed by atoms with Crippen LogP contribution in [-0.4, -0.2) is 35.0 Å². The molecule has 1 atom stereocenters. The van der Waals surface area contributed by atoms with Crippen molar-refractivity contribution < 1.29 is 14.3 Å². The third-order valence-corrected chi connectivity index (χ3v) is 5.25. The first-order valence-electron chi connectivity index (χ1n) is 9.37. The summed E-state index contributed by atoms with van der Waals surface area (Å²) in [6, 6.07) is 7.47. The van der Waals surface area contributed by atoms with Gasteiger partial charge in [-0.15, -0.1) is 0 Å². The standard InChI is InChI=1S/C20H26ClN3O3/c1-14-20(21)15(2)24(23-14)11-10-19(25)22-17-8-3-4-9-18(17)27-13-16-7-5-6-12-26-16/h3-4,8-9,16H,5-7,10-13H2,1-2H3,(H,22,25)/t16-/m1/s1. The maximum absolute atomic E-state index is 12.4. The van der Waals surface area contributed by atoms with Gasteiger partial charge in [0.15, 0.2) is 0 Å². The quantitative estimate of drug-likeness (QED) is 0.770. The van der Waals surface area contributed by atoms with Crippen molar-refractivity contribution in [3.8, 4) is 5.75 Å². The third kappa shape index (κ3) is 5.23. The molecule has 0 bridgehead atoms. The predicted octanol–water partition coefficient (Wildman–Crippen LogP) is 4.13. The van der Waals surface area contributed by atoms with Crippen molar-refractivity contribution in [2.75, 3.05) is 18.5 Å². The smallest absolute Gasteiger partial charge is 0.226 e. The first kappa shape index (κ1) is 19.7.